The number of nitrogens with one attached hydrogen (secondary N) is 1. The molecule has 0 fully saturated rings. The van der Waals surface area contributed by atoms with Crippen LogP contribution in [-0.2, 0) is 0 Å². The van der Waals surface area contributed by atoms with Crippen molar-refractivity contribution in [2.45, 2.75) is 20.3 Å². The third-order valence-electron chi connectivity index (χ3n) is 4.00. The Morgan fingerprint density at radius 3 is 2.71 bits per heavy atom. The molecule has 0 bridgehead atoms. The zero-order chi connectivity index (χ0) is 17.1. The molecule has 1 amide bonds. The normalized spacial score (nSPS) is 10.8. The van der Waals surface area contributed by atoms with Gasteiger partial charge in [-0.2, -0.15) is 0 Å². The van der Waals surface area contributed by atoms with Gasteiger partial charge in [-0.3, -0.25) is 4.79 Å². The van der Waals surface area contributed by atoms with Crippen molar-refractivity contribution in [3.8, 4) is 11.3 Å². The van der Waals surface area contributed by atoms with Crippen molar-refractivity contribution in [1.82, 2.24) is 10.3 Å². The predicted octanol–water partition coefficient (Wildman–Crippen LogP) is 5.00. The Morgan fingerprint density at radius 2 is 1.96 bits per heavy atom. The van der Waals surface area contributed by atoms with Crippen LogP contribution >= 0.6 is 11.6 Å². The molecule has 0 aliphatic rings. The van der Waals surface area contributed by atoms with E-state index in [9.17, 15) is 4.79 Å². The lowest BCUT2D eigenvalue weighted by atomic mass is 9.97. The van der Waals surface area contributed by atoms with Crippen LogP contribution < -0.4 is 5.32 Å². The zero-order valence-corrected chi connectivity index (χ0v) is 14.5. The molecule has 3 aromatic rings. The molecule has 1 N–H and O–H groups in total. The van der Waals surface area contributed by atoms with E-state index >= 15 is 0 Å². The quantitative estimate of drug-likeness (QED) is 0.727. The molecule has 0 saturated heterocycles. The number of halogens is 1. The molecule has 0 atom stereocenters. The maximum absolute atomic E-state index is 12.7. The summed E-state index contributed by atoms with van der Waals surface area (Å²) in [6.45, 7) is 4.63. The average molecular weight is 339 g/mol. The number of fused-ring (bicyclic) bond motifs is 1. The molecule has 0 spiro atoms. The number of carbonyl (C=O) groups excluding carboxylic acids is 1. The minimum Gasteiger partial charge on any atom is -0.352 e. The smallest absolute Gasteiger partial charge is 0.252 e. The summed E-state index contributed by atoms with van der Waals surface area (Å²) in [6.07, 6.45) is 0.898. The highest BCUT2D eigenvalue weighted by Gasteiger charge is 2.18. The van der Waals surface area contributed by atoms with Gasteiger partial charge < -0.3 is 5.32 Å². The van der Waals surface area contributed by atoms with Gasteiger partial charge in [0, 0.05) is 22.5 Å². The topological polar surface area (TPSA) is 42.0 Å². The summed E-state index contributed by atoms with van der Waals surface area (Å²) in [5.74, 6) is -0.0590. The number of nitrogens with zero attached hydrogens (tertiary/aromatic N) is 1. The van der Waals surface area contributed by atoms with Gasteiger partial charge in [0.05, 0.1) is 16.8 Å². The third kappa shape index (κ3) is 3.13. The summed E-state index contributed by atoms with van der Waals surface area (Å²) in [7, 11) is 0. The van der Waals surface area contributed by atoms with Crippen LogP contribution in [0.2, 0.25) is 5.02 Å². The van der Waals surface area contributed by atoms with Crippen LogP contribution in [-0.4, -0.2) is 17.4 Å². The van der Waals surface area contributed by atoms with Crippen molar-refractivity contribution in [1.29, 1.82) is 0 Å². The second-order valence-corrected chi connectivity index (χ2v) is 6.18. The Labute approximate surface area is 146 Å². The Kier molecular flexibility index (Phi) is 4.81. The van der Waals surface area contributed by atoms with E-state index in [0.29, 0.717) is 17.1 Å². The van der Waals surface area contributed by atoms with Gasteiger partial charge >= 0.3 is 0 Å². The molecule has 3 nitrogen and oxygen atoms in total. The first kappa shape index (κ1) is 16.5. The molecule has 4 heteroatoms. The first-order valence-electron chi connectivity index (χ1n) is 8.05. The Bertz CT molecular complexity index is 905. The fourth-order valence-electron chi connectivity index (χ4n) is 2.84. The maximum Gasteiger partial charge on any atom is 0.252 e. The van der Waals surface area contributed by atoms with E-state index in [1.807, 2.05) is 62.4 Å². The van der Waals surface area contributed by atoms with E-state index in [1.54, 1.807) is 0 Å². The molecule has 1 heterocycles. The lowest BCUT2D eigenvalue weighted by molar-refractivity contribution is 0.0954. The zero-order valence-electron chi connectivity index (χ0n) is 13.8. The number of hydrogen-bond acceptors (Lipinski definition) is 2. The summed E-state index contributed by atoms with van der Waals surface area (Å²) in [4.78, 5) is 17.5. The molecule has 3 rings (SSSR count). The SMILES string of the molecule is CCCNC(=O)c1c(C)c(-c2cccc(Cl)c2)nc2ccccc12. The molecular formula is C20H19ClN2O. The monoisotopic (exact) mass is 338 g/mol. The highest BCUT2D eigenvalue weighted by Crippen LogP contribution is 2.30. The van der Waals surface area contributed by atoms with Crippen LogP contribution in [0.3, 0.4) is 0 Å². The number of benzene rings is 2. The lowest BCUT2D eigenvalue weighted by Gasteiger charge is -2.14. The van der Waals surface area contributed by atoms with Gasteiger partial charge in [0.1, 0.15) is 0 Å². The summed E-state index contributed by atoms with van der Waals surface area (Å²) in [5, 5.41) is 4.50. The number of rotatable bonds is 4. The molecule has 0 aliphatic heterocycles. The minimum atomic E-state index is -0.0590. The first-order valence-corrected chi connectivity index (χ1v) is 8.43. The van der Waals surface area contributed by atoms with Crippen LogP contribution in [0.1, 0.15) is 29.3 Å². The van der Waals surface area contributed by atoms with E-state index in [4.69, 9.17) is 16.6 Å². The Morgan fingerprint density at radius 1 is 1.17 bits per heavy atom. The van der Waals surface area contributed by atoms with Gasteiger partial charge in [-0.15, -0.1) is 0 Å². The van der Waals surface area contributed by atoms with Crippen molar-refractivity contribution in [2.24, 2.45) is 0 Å². The summed E-state index contributed by atoms with van der Waals surface area (Å²) < 4.78 is 0. The number of aromatic nitrogens is 1. The number of pyridine rings is 1. The fraction of sp³-hybridized carbons (Fsp3) is 0.200. The molecular weight excluding hydrogens is 320 g/mol. The van der Waals surface area contributed by atoms with Gasteiger partial charge in [0.15, 0.2) is 0 Å². The lowest BCUT2D eigenvalue weighted by Crippen LogP contribution is -2.25. The molecule has 122 valence electrons. The van der Waals surface area contributed by atoms with Crippen molar-refractivity contribution >= 4 is 28.4 Å². The summed E-state index contributed by atoms with van der Waals surface area (Å²) in [5.41, 5.74) is 4.06. The molecule has 1 aromatic heterocycles. The second kappa shape index (κ2) is 7.02. The van der Waals surface area contributed by atoms with E-state index in [-0.39, 0.29) is 5.91 Å². The van der Waals surface area contributed by atoms with Crippen LogP contribution in [0.4, 0.5) is 0 Å². The first-order chi connectivity index (χ1) is 11.6. The van der Waals surface area contributed by atoms with Crippen LogP contribution in [0.25, 0.3) is 22.2 Å². The van der Waals surface area contributed by atoms with Gasteiger partial charge in [-0.05, 0) is 37.1 Å². The fourth-order valence-corrected chi connectivity index (χ4v) is 3.03. The van der Waals surface area contributed by atoms with E-state index in [2.05, 4.69) is 5.32 Å². The predicted molar refractivity (Wildman–Crippen MR) is 99.6 cm³/mol. The van der Waals surface area contributed by atoms with E-state index in [0.717, 1.165) is 34.1 Å². The molecule has 0 unspecified atom stereocenters. The summed E-state index contributed by atoms with van der Waals surface area (Å²) in [6, 6.07) is 15.3. The minimum absolute atomic E-state index is 0.0590. The van der Waals surface area contributed by atoms with Crippen molar-refractivity contribution in [3.05, 3.63) is 64.7 Å². The molecule has 0 aliphatic carbocycles. The maximum atomic E-state index is 12.7. The summed E-state index contributed by atoms with van der Waals surface area (Å²) >= 11 is 6.13. The van der Waals surface area contributed by atoms with Crippen molar-refractivity contribution < 1.29 is 4.79 Å². The van der Waals surface area contributed by atoms with Crippen LogP contribution in [0, 0.1) is 6.92 Å². The standard InChI is InChI=1S/C20H19ClN2O/c1-3-11-22-20(24)18-13(2)19(14-7-6-8-15(21)12-14)23-17-10-5-4-9-16(17)18/h4-10,12H,3,11H2,1-2H3,(H,22,24). The van der Waals surface area contributed by atoms with Crippen molar-refractivity contribution in [2.75, 3.05) is 6.54 Å². The van der Waals surface area contributed by atoms with E-state index < -0.39 is 0 Å². The number of carbonyl (C=O) groups is 1. The molecule has 0 saturated carbocycles. The van der Waals surface area contributed by atoms with Crippen LogP contribution in [0.5, 0.6) is 0 Å². The van der Waals surface area contributed by atoms with Gasteiger partial charge in [0.25, 0.3) is 5.91 Å². The highest BCUT2D eigenvalue weighted by atomic mass is 35.5. The number of amides is 1. The highest BCUT2D eigenvalue weighted by molar-refractivity contribution is 6.30. The number of hydrogen-bond donors (Lipinski definition) is 1. The Balaban J connectivity index is 2.25. The third-order valence-corrected chi connectivity index (χ3v) is 4.23. The largest absolute Gasteiger partial charge is 0.352 e. The molecule has 24 heavy (non-hydrogen) atoms. The van der Waals surface area contributed by atoms with Crippen LogP contribution in [0.15, 0.2) is 48.5 Å². The number of para-hydroxylation sites is 1. The van der Waals surface area contributed by atoms with E-state index in [1.165, 1.54) is 0 Å². The van der Waals surface area contributed by atoms with Gasteiger partial charge in [0.2, 0.25) is 0 Å². The molecule has 0 radical (unpaired) electrons. The Hall–Kier alpha value is -2.39. The molecule has 2 aromatic carbocycles. The second-order valence-electron chi connectivity index (χ2n) is 5.74. The van der Waals surface area contributed by atoms with Gasteiger partial charge in [-0.1, -0.05) is 48.9 Å². The average Bonchev–Trinajstić information content (AvgIpc) is 2.59. The van der Waals surface area contributed by atoms with Gasteiger partial charge in [-0.25, -0.2) is 4.98 Å². The van der Waals surface area contributed by atoms with Crippen molar-refractivity contribution in [3.63, 3.8) is 0 Å².